The zero-order chi connectivity index (χ0) is 10.2. The molecule has 14 heavy (non-hydrogen) atoms. The summed E-state index contributed by atoms with van der Waals surface area (Å²) in [6, 6.07) is 0.759. The molecule has 0 bridgehead atoms. The molecule has 2 aliphatic rings. The minimum atomic E-state index is 0.397. The van der Waals surface area contributed by atoms with Crippen molar-refractivity contribution >= 4 is 0 Å². The summed E-state index contributed by atoms with van der Waals surface area (Å²) >= 11 is 0. The standard InChI is InChI=1S/C12H24N2/c1-10-4-5-11(2)14(8-10)12(9-13)6-3-7-12/h10-11H,3-9,13H2,1-2H3. The second-order valence-corrected chi connectivity index (χ2v) is 5.47. The fraction of sp³-hybridized carbons (Fsp3) is 1.00. The first-order valence-corrected chi connectivity index (χ1v) is 6.15. The van der Waals surface area contributed by atoms with Crippen LogP contribution < -0.4 is 5.73 Å². The van der Waals surface area contributed by atoms with Crippen molar-refractivity contribution in [3.05, 3.63) is 0 Å². The van der Waals surface area contributed by atoms with Crippen molar-refractivity contribution < 1.29 is 0 Å². The van der Waals surface area contributed by atoms with E-state index in [-0.39, 0.29) is 0 Å². The number of hydrogen-bond acceptors (Lipinski definition) is 2. The molecular weight excluding hydrogens is 172 g/mol. The molecule has 2 rings (SSSR count). The van der Waals surface area contributed by atoms with Gasteiger partial charge in [0.05, 0.1) is 0 Å². The maximum Gasteiger partial charge on any atom is 0.0334 e. The molecule has 0 amide bonds. The first kappa shape index (κ1) is 10.4. The monoisotopic (exact) mass is 196 g/mol. The van der Waals surface area contributed by atoms with Crippen molar-refractivity contribution in [1.29, 1.82) is 0 Å². The Morgan fingerprint density at radius 1 is 1.29 bits per heavy atom. The lowest BCUT2D eigenvalue weighted by Gasteiger charge is -2.55. The summed E-state index contributed by atoms with van der Waals surface area (Å²) < 4.78 is 0. The quantitative estimate of drug-likeness (QED) is 0.732. The smallest absolute Gasteiger partial charge is 0.0334 e. The Labute approximate surface area is 87.8 Å². The summed E-state index contributed by atoms with van der Waals surface area (Å²) in [7, 11) is 0. The van der Waals surface area contributed by atoms with Crippen molar-refractivity contribution in [2.24, 2.45) is 11.7 Å². The van der Waals surface area contributed by atoms with E-state index < -0.39 is 0 Å². The van der Waals surface area contributed by atoms with Crippen LogP contribution in [0.5, 0.6) is 0 Å². The highest BCUT2D eigenvalue weighted by molar-refractivity contribution is 5.01. The molecule has 1 heterocycles. The molecule has 0 aromatic carbocycles. The van der Waals surface area contributed by atoms with Crippen LogP contribution in [0, 0.1) is 5.92 Å². The molecule has 1 saturated heterocycles. The summed E-state index contributed by atoms with van der Waals surface area (Å²) in [6.07, 6.45) is 6.82. The van der Waals surface area contributed by atoms with E-state index in [1.807, 2.05) is 0 Å². The lowest BCUT2D eigenvalue weighted by Crippen LogP contribution is -2.63. The average molecular weight is 196 g/mol. The lowest BCUT2D eigenvalue weighted by molar-refractivity contribution is -0.0372. The Kier molecular flexibility index (Phi) is 2.85. The molecule has 0 aromatic rings. The number of nitrogens with two attached hydrogens (primary N) is 1. The topological polar surface area (TPSA) is 29.3 Å². The van der Waals surface area contributed by atoms with Gasteiger partial charge in [-0.15, -0.1) is 0 Å². The second kappa shape index (κ2) is 3.82. The summed E-state index contributed by atoms with van der Waals surface area (Å²) in [5.74, 6) is 0.871. The summed E-state index contributed by atoms with van der Waals surface area (Å²) in [5.41, 5.74) is 6.36. The largest absolute Gasteiger partial charge is 0.329 e. The van der Waals surface area contributed by atoms with Crippen LogP contribution >= 0.6 is 0 Å². The maximum atomic E-state index is 5.97. The van der Waals surface area contributed by atoms with Gasteiger partial charge in [0.1, 0.15) is 0 Å². The number of hydrogen-bond donors (Lipinski definition) is 1. The maximum absolute atomic E-state index is 5.97. The number of piperidine rings is 1. The highest BCUT2D eigenvalue weighted by atomic mass is 15.2. The van der Waals surface area contributed by atoms with Crippen LogP contribution in [-0.4, -0.2) is 29.6 Å². The van der Waals surface area contributed by atoms with E-state index in [1.165, 1.54) is 38.6 Å². The minimum Gasteiger partial charge on any atom is -0.329 e. The Morgan fingerprint density at radius 2 is 2.00 bits per heavy atom. The zero-order valence-corrected chi connectivity index (χ0v) is 9.63. The van der Waals surface area contributed by atoms with Gasteiger partial charge in [0, 0.05) is 24.7 Å². The highest BCUT2D eigenvalue weighted by Crippen LogP contribution is 2.41. The van der Waals surface area contributed by atoms with Gasteiger partial charge in [-0.3, -0.25) is 4.90 Å². The number of likely N-dealkylation sites (tertiary alicyclic amines) is 1. The average Bonchev–Trinajstić information content (AvgIpc) is 2.10. The molecule has 1 saturated carbocycles. The first-order valence-electron chi connectivity index (χ1n) is 6.15. The highest BCUT2D eigenvalue weighted by Gasteiger charge is 2.44. The molecule has 1 aliphatic heterocycles. The first-order chi connectivity index (χ1) is 6.68. The third-order valence-electron chi connectivity index (χ3n) is 4.39. The number of rotatable bonds is 2. The predicted molar refractivity (Wildman–Crippen MR) is 60.2 cm³/mol. The van der Waals surface area contributed by atoms with Crippen LogP contribution in [0.4, 0.5) is 0 Å². The van der Waals surface area contributed by atoms with E-state index in [9.17, 15) is 0 Å². The third kappa shape index (κ3) is 1.59. The molecule has 82 valence electrons. The van der Waals surface area contributed by atoms with Crippen LogP contribution in [-0.2, 0) is 0 Å². The molecule has 0 aromatic heterocycles. The van der Waals surface area contributed by atoms with E-state index in [2.05, 4.69) is 18.7 Å². The molecule has 2 N–H and O–H groups in total. The Bertz CT molecular complexity index is 193. The second-order valence-electron chi connectivity index (χ2n) is 5.47. The Balaban J connectivity index is 2.06. The van der Waals surface area contributed by atoms with Gasteiger partial charge in [0.2, 0.25) is 0 Å². The van der Waals surface area contributed by atoms with Gasteiger partial charge >= 0.3 is 0 Å². The van der Waals surface area contributed by atoms with Gasteiger partial charge in [0.15, 0.2) is 0 Å². The summed E-state index contributed by atoms with van der Waals surface area (Å²) in [5, 5.41) is 0. The van der Waals surface area contributed by atoms with E-state index >= 15 is 0 Å². The van der Waals surface area contributed by atoms with E-state index in [0.717, 1.165) is 18.5 Å². The molecular formula is C12H24N2. The minimum absolute atomic E-state index is 0.397. The normalized spacial score (nSPS) is 37.9. The van der Waals surface area contributed by atoms with Crippen molar-refractivity contribution in [3.8, 4) is 0 Å². The lowest BCUT2D eigenvalue weighted by atomic mass is 9.73. The van der Waals surface area contributed by atoms with E-state index in [4.69, 9.17) is 5.73 Å². The van der Waals surface area contributed by atoms with Gasteiger partial charge in [-0.1, -0.05) is 6.92 Å². The van der Waals surface area contributed by atoms with Crippen LogP contribution in [0.2, 0.25) is 0 Å². The van der Waals surface area contributed by atoms with Gasteiger partial charge in [-0.25, -0.2) is 0 Å². The fourth-order valence-corrected chi connectivity index (χ4v) is 3.14. The molecule has 2 heteroatoms. The number of nitrogens with zero attached hydrogens (tertiary/aromatic N) is 1. The van der Waals surface area contributed by atoms with Gasteiger partial charge in [0.25, 0.3) is 0 Å². The zero-order valence-electron chi connectivity index (χ0n) is 9.63. The molecule has 2 nitrogen and oxygen atoms in total. The van der Waals surface area contributed by atoms with Crippen LogP contribution in [0.25, 0.3) is 0 Å². The SMILES string of the molecule is CC1CCC(C)N(C2(CN)CCC2)C1. The molecule has 1 aliphatic carbocycles. The molecule has 0 radical (unpaired) electrons. The Morgan fingerprint density at radius 3 is 2.50 bits per heavy atom. The molecule has 2 fully saturated rings. The molecule has 2 atom stereocenters. The van der Waals surface area contributed by atoms with Crippen LogP contribution in [0.3, 0.4) is 0 Å². The van der Waals surface area contributed by atoms with Gasteiger partial charge in [-0.05, 0) is 44.9 Å². The molecule has 0 spiro atoms. The van der Waals surface area contributed by atoms with Crippen LogP contribution in [0.15, 0.2) is 0 Å². The van der Waals surface area contributed by atoms with Gasteiger partial charge < -0.3 is 5.73 Å². The molecule has 2 unspecified atom stereocenters. The van der Waals surface area contributed by atoms with Crippen molar-refractivity contribution in [3.63, 3.8) is 0 Å². The van der Waals surface area contributed by atoms with Crippen molar-refractivity contribution in [2.45, 2.75) is 57.5 Å². The van der Waals surface area contributed by atoms with E-state index in [1.54, 1.807) is 0 Å². The third-order valence-corrected chi connectivity index (χ3v) is 4.39. The Hall–Kier alpha value is -0.0800. The summed E-state index contributed by atoms with van der Waals surface area (Å²) in [4.78, 5) is 2.71. The summed E-state index contributed by atoms with van der Waals surface area (Å²) in [6.45, 7) is 6.89. The van der Waals surface area contributed by atoms with Crippen LogP contribution in [0.1, 0.15) is 46.0 Å². The van der Waals surface area contributed by atoms with Crippen molar-refractivity contribution in [1.82, 2.24) is 4.90 Å². The predicted octanol–water partition coefficient (Wildman–Crippen LogP) is 1.99. The van der Waals surface area contributed by atoms with Gasteiger partial charge in [-0.2, -0.15) is 0 Å². The van der Waals surface area contributed by atoms with Crippen molar-refractivity contribution in [2.75, 3.05) is 13.1 Å². The van der Waals surface area contributed by atoms with E-state index in [0.29, 0.717) is 5.54 Å². The fourth-order valence-electron chi connectivity index (χ4n) is 3.14.